The van der Waals surface area contributed by atoms with E-state index in [1.807, 2.05) is 54.6 Å². The summed E-state index contributed by atoms with van der Waals surface area (Å²) in [4.78, 5) is 12.1. The fourth-order valence-electron chi connectivity index (χ4n) is 2.57. The van der Waals surface area contributed by atoms with Gasteiger partial charge >= 0.3 is 5.97 Å². The zero-order chi connectivity index (χ0) is 18.4. The van der Waals surface area contributed by atoms with E-state index in [0.29, 0.717) is 5.75 Å². The second-order valence-electron chi connectivity index (χ2n) is 6.24. The Morgan fingerprint density at radius 1 is 0.846 bits per heavy atom. The van der Waals surface area contributed by atoms with Crippen LogP contribution in [0, 0.1) is 6.92 Å². The molecule has 3 rings (SSSR count). The number of hydrogen-bond donors (Lipinski definition) is 0. The molecule has 0 amide bonds. The molecule has 3 aromatic rings. The predicted octanol–water partition coefficient (Wildman–Crippen LogP) is 5.17. The molecule has 0 fully saturated rings. The average molecular weight is 346 g/mol. The Morgan fingerprint density at radius 2 is 1.42 bits per heavy atom. The van der Waals surface area contributed by atoms with Crippen LogP contribution in [0.1, 0.15) is 18.1 Å². The molecule has 0 aliphatic heterocycles. The lowest BCUT2D eigenvalue weighted by molar-refractivity contribution is -0.152. The summed E-state index contributed by atoms with van der Waals surface area (Å²) in [5.74, 6) is 0.265. The van der Waals surface area contributed by atoms with Crippen molar-refractivity contribution in [1.82, 2.24) is 0 Å². The van der Waals surface area contributed by atoms with Crippen molar-refractivity contribution in [1.29, 1.82) is 0 Å². The normalized spacial score (nSPS) is 11.6. The maximum atomic E-state index is 12.1. The fourth-order valence-corrected chi connectivity index (χ4v) is 2.57. The van der Waals surface area contributed by atoms with Crippen molar-refractivity contribution < 1.29 is 14.3 Å². The van der Waals surface area contributed by atoms with Crippen LogP contribution in [0.3, 0.4) is 0 Å². The molecular formula is C23H22O3. The van der Waals surface area contributed by atoms with Gasteiger partial charge in [0.1, 0.15) is 12.4 Å². The standard InChI is InChI=1S/C23H22O3/c1-17-8-10-20(11-9-17)21-12-14-22(15-13-21)26-18(2)23(24)25-16-19-6-4-3-5-7-19/h3-15,18H,16H2,1-2H3/t18-/m0/s1. The summed E-state index contributed by atoms with van der Waals surface area (Å²) in [6, 6.07) is 25.7. The van der Waals surface area contributed by atoms with Crippen LogP contribution < -0.4 is 4.74 Å². The topological polar surface area (TPSA) is 35.5 Å². The first-order chi connectivity index (χ1) is 12.6. The highest BCUT2D eigenvalue weighted by molar-refractivity contribution is 5.74. The summed E-state index contributed by atoms with van der Waals surface area (Å²) >= 11 is 0. The Balaban J connectivity index is 1.56. The fraction of sp³-hybridized carbons (Fsp3) is 0.174. The minimum absolute atomic E-state index is 0.250. The lowest BCUT2D eigenvalue weighted by Crippen LogP contribution is -2.26. The first-order valence-electron chi connectivity index (χ1n) is 8.66. The predicted molar refractivity (Wildman–Crippen MR) is 103 cm³/mol. The van der Waals surface area contributed by atoms with Crippen LogP contribution in [0.15, 0.2) is 78.9 Å². The number of rotatable bonds is 6. The van der Waals surface area contributed by atoms with Gasteiger partial charge in [-0.25, -0.2) is 4.79 Å². The second kappa shape index (κ2) is 8.34. The Bertz CT molecular complexity index is 837. The number of carbonyl (C=O) groups is 1. The Morgan fingerprint density at radius 3 is 2.04 bits per heavy atom. The first-order valence-corrected chi connectivity index (χ1v) is 8.66. The lowest BCUT2D eigenvalue weighted by Gasteiger charge is -2.14. The number of benzene rings is 3. The molecule has 0 bridgehead atoms. The van der Waals surface area contributed by atoms with E-state index in [2.05, 4.69) is 31.2 Å². The molecule has 132 valence electrons. The molecule has 0 saturated heterocycles. The minimum Gasteiger partial charge on any atom is -0.479 e. The third-order valence-electron chi connectivity index (χ3n) is 4.11. The maximum Gasteiger partial charge on any atom is 0.347 e. The van der Waals surface area contributed by atoms with Gasteiger partial charge < -0.3 is 9.47 Å². The highest BCUT2D eigenvalue weighted by atomic mass is 16.6. The summed E-state index contributed by atoms with van der Waals surface area (Å²) in [6.45, 7) is 4.01. The van der Waals surface area contributed by atoms with Crippen LogP contribution in [0.25, 0.3) is 11.1 Å². The zero-order valence-corrected chi connectivity index (χ0v) is 15.0. The third kappa shape index (κ3) is 4.73. The Hall–Kier alpha value is -3.07. The van der Waals surface area contributed by atoms with E-state index in [1.165, 1.54) is 5.56 Å². The van der Waals surface area contributed by atoms with Crippen molar-refractivity contribution in [2.24, 2.45) is 0 Å². The van der Waals surface area contributed by atoms with E-state index < -0.39 is 6.10 Å². The van der Waals surface area contributed by atoms with Gasteiger partial charge in [0, 0.05) is 0 Å². The maximum absolute atomic E-state index is 12.1. The third-order valence-corrected chi connectivity index (χ3v) is 4.11. The molecule has 0 aliphatic rings. The van der Waals surface area contributed by atoms with E-state index in [0.717, 1.165) is 16.7 Å². The number of carbonyl (C=O) groups excluding carboxylic acids is 1. The van der Waals surface area contributed by atoms with Crippen LogP contribution in [0.5, 0.6) is 5.75 Å². The smallest absolute Gasteiger partial charge is 0.347 e. The van der Waals surface area contributed by atoms with E-state index >= 15 is 0 Å². The van der Waals surface area contributed by atoms with E-state index in [-0.39, 0.29) is 12.6 Å². The number of aryl methyl sites for hydroxylation is 1. The monoisotopic (exact) mass is 346 g/mol. The summed E-state index contributed by atoms with van der Waals surface area (Å²) < 4.78 is 11.0. The van der Waals surface area contributed by atoms with Crippen molar-refractivity contribution in [3.63, 3.8) is 0 Å². The van der Waals surface area contributed by atoms with Crippen molar-refractivity contribution >= 4 is 5.97 Å². The van der Waals surface area contributed by atoms with E-state index in [1.54, 1.807) is 6.92 Å². The summed E-state index contributed by atoms with van der Waals surface area (Å²) in [5, 5.41) is 0. The van der Waals surface area contributed by atoms with Gasteiger partial charge in [0.2, 0.25) is 0 Å². The first kappa shape index (κ1) is 17.7. The molecule has 0 radical (unpaired) electrons. The molecule has 1 atom stereocenters. The van der Waals surface area contributed by atoms with Gasteiger partial charge in [0.25, 0.3) is 0 Å². The van der Waals surface area contributed by atoms with E-state index in [9.17, 15) is 4.79 Å². The van der Waals surface area contributed by atoms with Gasteiger partial charge in [0.05, 0.1) is 0 Å². The summed E-state index contributed by atoms with van der Waals surface area (Å²) in [6.07, 6.45) is -0.663. The van der Waals surface area contributed by atoms with Gasteiger partial charge in [-0.05, 0) is 42.7 Å². The van der Waals surface area contributed by atoms with Gasteiger partial charge in [-0.1, -0.05) is 72.3 Å². The molecule has 26 heavy (non-hydrogen) atoms. The van der Waals surface area contributed by atoms with Crippen LogP contribution >= 0.6 is 0 Å². The average Bonchev–Trinajstić information content (AvgIpc) is 2.68. The molecule has 3 heteroatoms. The highest BCUT2D eigenvalue weighted by Crippen LogP contribution is 2.23. The zero-order valence-electron chi connectivity index (χ0n) is 15.0. The lowest BCUT2D eigenvalue weighted by atomic mass is 10.0. The summed E-state index contributed by atoms with van der Waals surface area (Å²) in [5.41, 5.74) is 4.45. The van der Waals surface area contributed by atoms with Crippen molar-refractivity contribution in [2.75, 3.05) is 0 Å². The van der Waals surface area contributed by atoms with Gasteiger partial charge in [-0.2, -0.15) is 0 Å². The molecule has 0 saturated carbocycles. The van der Waals surface area contributed by atoms with Crippen molar-refractivity contribution in [3.8, 4) is 16.9 Å². The molecule has 0 N–H and O–H groups in total. The Labute approximate surface area is 154 Å². The number of ether oxygens (including phenoxy) is 2. The Kier molecular flexibility index (Phi) is 5.69. The SMILES string of the molecule is Cc1ccc(-c2ccc(O[C@@H](C)C(=O)OCc3ccccc3)cc2)cc1. The van der Waals surface area contributed by atoms with Crippen molar-refractivity contribution in [2.45, 2.75) is 26.6 Å². The molecular weight excluding hydrogens is 324 g/mol. The van der Waals surface area contributed by atoms with Crippen LogP contribution in [-0.2, 0) is 16.1 Å². The van der Waals surface area contributed by atoms with Gasteiger partial charge in [0.15, 0.2) is 6.10 Å². The van der Waals surface area contributed by atoms with Crippen LogP contribution in [0.4, 0.5) is 0 Å². The number of esters is 1. The van der Waals surface area contributed by atoms with Crippen LogP contribution in [0.2, 0.25) is 0 Å². The molecule has 3 nitrogen and oxygen atoms in total. The second-order valence-corrected chi connectivity index (χ2v) is 6.24. The highest BCUT2D eigenvalue weighted by Gasteiger charge is 2.16. The van der Waals surface area contributed by atoms with Gasteiger partial charge in [-0.15, -0.1) is 0 Å². The van der Waals surface area contributed by atoms with E-state index in [4.69, 9.17) is 9.47 Å². The van der Waals surface area contributed by atoms with Crippen LogP contribution in [-0.4, -0.2) is 12.1 Å². The molecule has 0 unspecified atom stereocenters. The largest absolute Gasteiger partial charge is 0.479 e. The number of hydrogen-bond acceptors (Lipinski definition) is 3. The van der Waals surface area contributed by atoms with Gasteiger partial charge in [-0.3, -0.25) is 0 Å². The molecule has 0 spiro atoms. The van der Waals surface area contributed by atoms with Crippen molar-refractivity contribution in [3.05, 3.63) is 90.0 Å². The molecule has 3 aromatic carbocycles. The minimum atomic E-state index is -0.663. The quantitative estimate of drug-likeness (QED) is 0.577. The molecule has 0 aliphatic carbocycles. The molecule has 0 aromatic heterocycles. The molecule has 0 heterocycles. The summed E-state index contributed by atoms with van der Waals surface area (Å²) in [7, 11) is 0.